The predicted octanol–water partition coefficient (Wildman–Crippen LogP) is 4.73. The molecule has 0 fully saturated rings. The third kappa shape index (κ3) is 5.72. The van der Waals surface area contributed by atoms with Gasteiger partial charge in [-0.3, -0.25) is 0 Å². The van der Waals surface area contributed by atoms with Crippen LogP contribution in [0.2, 0.25) is 5.02 Å². The third-order valence-electron chi connectivity index (χ3n) is 3.52. The van der Waals surface area contributed by atoms with Crippen molar-refractivity contribution in [1.29, 1.82) is 0 Å². The number of benzene rings is 1. The second kappa shape index (κ2) is 8.53. The Labute approximate surface area is 128 Å². The fraction of sp³-hybridized carbons (Fsp3) is 0.647. The van der Waals surface area contributed by atoms with Gasteiger partial charge >= 0.3 is 0 Å². The molecule has 1 N–H and O–H groups in total. The molecule has 1 rings (SSSR count). The number of hydrogen-bond acceptors (Lipinski definition) is 2. The monoisotopic (exact) mass is 297 g/mol. The fourth-order valence-electron chi connectivity index (χ4n) is 2.06. The highest BCUT2D eigenvalue weighted by atomic mass is 35.5. The topological polar surface area (TPSA) is 23.5 Å². The van der Waals surface area contributed by atoms with E-state index >= 15 is 0 Å². The first kappa shape index (κ1) is 17.3. The van der Waals surface area contributed by atoms with Crippen LogP contribution in [0.25, 0.3) is 0 Å². The lowest BCUT2D eigenvalue weighted by molar-refractivity contribution is 0.282. The molecule has 0 saturated heterocycles. The summed E-state index contributed by atoms with van der Waals surface area (Å²) in [6.45, 7) is 11.1. The van der Waals surface area contributed by atoms with Crippen molar-refractivity contribution in [3.63, 3.8) is 0 Å². The van der Waals surface area contributed by atoms with Crippen LogP contribution in [0.5, 0.6) is 0 Å². The van der Waals surface area contributed by atoms with Crippen LogP contribution in [0.15, 0.2) is 18.2 Å². The highest BCUT2D eigenvalue weighted by Crippen LogP contribution is 2.25. The number of hydrogen-bond donors (Lipinski definition) is 1. The Bertz CT molecular complexity index is 392. The maximum atomic E-state index is 9.20. The summed E-state index contributed by atoms with van der Waals surface area (Å²) in [5, 5.41) is 9.86. The van der Waals surface area contributed by atoms with E-state index in [1.807, 2.05) is 12.1 Å². The zero-order chi connectivity index (χ0) is 15.1. The van der Waals surface area contributed by atoms with E-state index in [1.54, 1.807) is 0 Å². The van der Waals surface area contributed by atoms with Crippen molar-refractivity contribution in [2.75, 3.05) is 18.0 Å². The van der Waals surface area contributed by atoms with Gasteiger partial charge in [-0.15, -0.1) is 0 Å². The van der Waals surface area contributed by atoms with Crippen LogP contribution in [-0.2, 0) is 6.61 Å². The Morgan fingerprint density at radius 1 is 1.05 bits per heavy atom. The molecule has 0 atom stereocenters. The van der Waals surface area contributed by atoms with Crippen LogP contribution < -0.4 is 4.90 Å². The van der Waals surface area contributed by atoms with Gasteiger partial charge in [0.15, 0.2) is 0 Å². The Morgan fingerprint density at radius 3 is 2.00 bits per heavy atom. The molecule has 1 aromatic rings. The molecule has 20 heavy (non-hydrogen) atoms. The van der Waals surface area contributed by atoms with Crippen molar-refractivity contribution < 1.29 is 5.11 Å². The van der Waals surface area contributed by atoms with Gasteiger partial charge in [0.2, 0.25) is 0 Å². The van der Waals surface area contributed by atoms with Crippen LogP contribution in [0.4, 0.5) is 5.69 Å². The Morgan fingerprint density at radius 2 is 1.60 bits per heavy atom. The molecule has 0 unspecified atom stereocenters. The van der Waals surface area contributed by atoms with Gasteiger partial charge in [0.05, 0.1) is 6.61 Å². The summed E-state index contributed by atoms with van der Waals surface area (Å²) >= 11 is 6.21. The Kier molecular flexibility index (Phi) is 7.39. The minimum Gasteiger partial charge on any atom is -0.392 e. The van der Waals surface area contributed by atoms with Gasteiger partial charge < -0.3 is 10.0 Å². The largest absolute Gasteiger partial charge is 0.392 e. The minimum absolute atomic E-state index is 0.00288. The van der Waals surface area contributed by atoms with E-state index in [9.17, 15) is 5.11 Å². The lowest BCUT2D eigenvalue weighted by Crippen LogP contribution is -2.27. The van der Waals surface area contributed by atoms with Crippen LogP contribution >= 0.6 is 11.6 Å². The van der Waals surface area contributed by atoms with Gasteiger partial charge in [0.1, 0.15) is 0 Å². The van der Waals surface area contributed by atoms with Gasteiger partial charge in [-0.25, -0.2) is 0 Å². The van der Waals surface area contributed by atoms with E-state index in [0.29, 0.717) is 16.9 Å². The standard InChI is InChI=1S/C17H28ClNO/c1-13(2)7-9-19(10-8-14(3)4)16-6-5-15(12-20)17(18)11-16/h5-6,11,13-14,20H,7-10,12H2,1-4H3. The predicted molar refractivity (Wildman–Crippen MR) is 88.5 cm³/mol. The van der Waals surface area contributed by atoms with E-state index in [2.05, 4.69) is 38.7 Å². The molecule has 2 nitrogen and oxygen atoms in total. The van der Waals surface area contributed by atoms with Crippen LogP contribution in [-0.4, -0.2) is 18.2 Å². The summed E-state index contributed by atoms with van der Waals surface area (Å²) in [5.74, 6) is 1.40. The first-order valence-electron chi connectivity index (χ1n) is 7.58. The molecule has 0 aliphatic rings. The number of anilines is 1. The number of aliphatic hydroxyl groups excluding tert-OH is 1. The van der Waals surface area contributed by atoms with Crippen molar-refractivity contribution in [3.05, 3.63) is 28.8 Å². The number of nitrogens with zero attached hydrogens (tertiary/aromatic N) is 1. The molecule has 0 heterocycles. The average Bonchev–Trinajstić information content (AvgIpc) is 2.38. The maximum absolute atomic E-state index is 9.20. The maximum Gasteiger partial charge on any atom is 0.0696 e. The second-order valence-corrected chi connectivity index (χ2v) is 6.69. The van der Waals surface area contributed by atoms with Gasteiger partial charge in [-0.05, 0) is 42.4 Å². The summed E-state index contributed by atoms with van der Waals surface area (Å²) in [4.78, 5) is 2.41. The molecule has 0 aliphatic heterocycles. The van der Waals surface area contributed by atoms with Crippen LogP contribution in [0.1, 0.15) is 46.1 Å². The van der Waals surface area contributed by atoms with Crippen molar-refractivity contribution in [3.8, 4) is 0 Å². The van der Waals surface area contributed by atoms with Crippen LogP contribution in [0, 0.1) is 11.8 Å². The summed E-state index contributed by atoms with van der Waals surface area (Å²) in [6.07, 6.45) is 2.36. The van der Waals surface area contributed by atoms with E-state index in [1.165, 1.54) is 12.8 Å². The molecular weight excluding hydrogens is 270 g/mol. The van der Waals surface area contributed by atoms with Gasteiger partial charge in [-0.1, -0.05) is 45.4 Å². The van der Waals surface area contributed by atoms with Crippen molar-refractivity contribution >= 4 is 17.3 Å². The van der Waals surface area contributed by atoms with Crippen LogP contribution in [0.3, 0.4) is 0 Å². The van der Waals surface area contributed by atoms with E-state index in [4.69, 9.17) is 11.6 Å². The quantitative estimate of drug-likeness (QED) is 0.750. The summed E-state index contributed by atoms with van der Waals surface area (Å²) in [6, 6.07) is 5.97. The molecule has 1 aromatic carbocycles. The Hall–Kier alpha value is -0.730. The van der Waals surface area contributed by atoms with Crippen molar-refractivity contribution in [2.45, 2.75) is 47.1 Å². The third-order valence-corrected chi connectivity index (χ3v) is 3.88. The second-order valence-electron chi connectivity index (χ2n) is 6.29. The smallest absolute Gasteiger partial charge is 0.0696 e. The highest BCUT2D eigenvalue weighted by Gasteiger charge is 2.10. The lowest BCUT2D eigenvalue weighted by Gasteiger charge is -2.27. The molecule has 114 valence electrons. The van der Waals surface area contributed by atoms with E-state index in [-0.39, 0.29) is 6.61 Å². The van der Waals surface area contributed by atoms with Gasteiger partial charge in [0.25, 0.3) is 0 Å². The zero-order valence-electron chi connectivity index (χ0n) is 13.2. The first-order valence-corrected chi connectivity index (χ1v) is 7.96. The first-order chi connectivity index (χ1) is 9.43. The molecule has 0 spiro atoms. The summed E-state index contributed by atoms with van der Waals surface area (Å²) in [5.41, 5.74) is 1.96. The molecule has 0 saturated carbocycles. The molecule has 0 radical (unpaired) electrons. The summed E-state index contributed by atoms with van der Waals surface area (Å²) < 4.78 is 0. The molecule has 0 aromatic heterocycles. The fourth-order valence-corrected chi connectivity index (χ4v) is 2.29. The SMILES string of the molecule is CC(C)CCN(CCC(C)C)c1ccc(CO)c(Cl)c1. The normalized spacial score (nSPS) is 11.4. The molecule has 3 heteroatoms. The van der Waals surface area contributed by atoms with Gasteiger partial charge in [-0.2, -0.15) is 0 Å². The van der Waals surface area contributed by atoms with Crippen molar-refractivity contribution in [1.82, 2.24) is 0 Å². The van der Waals surface area contributed by atoms with Crippen molar-refractivity contribution in [2.24, 2.45) is 11.8 Å². The molecular formula is C17H28ClNO. The number of rotatable bonds is 8. The van der Waals surface area contributed by atoms with E-state index < -0.39 is 0 Å². The van der Waals surface area contributed by atoms with E-state index in [0.717, 1.165) is 24.3 Å². The number of aliphatic hydroxyl groups is 1. The Balaban J connectivity index is 2.82. The lowest BCUT2D eigenvalue weighted by atomic mass is 10.1. The summed E-state index contributed by atoms with van der Waals surface area (Å²) in [7, 11) is 0. The molecule has 0 amide bonds. The molecule has 0 aliphatic carbocycles. The van der Waals surface area contributed by atoms with Gasteiger partial charge in [0, 0.05) is 23.8 Å². The molecule has 0 bridgehead atoms. The minimum atomic E-state index is -0.00288. The highest BCUT2D eigenvalue weighted by molar-refractivity contribution is 6.31. The number of halogens is 1. The zero-order valence-corrected chi connectivity index (χ0v) is 14.0. The average molecular weight is 298 g/mol.